The van der Waals surface area contributed by atoms with Crippen molar-refractivity contribution in [3.63, 3.8) is 0 Å². The van der Waals surface area contributed by atoms with E-state index < -0.39 is 0 Å². The van der Waals surface area contributed by atoms with Crippen molar-refractivity contribution >= 4 is 17.5 Å². The number of fused-ring (bicyclic) bond motifs is 1. The van der Waals surface area contributed by atoms with Gasteiger partial charge in [-0.05, 0) is 31.4 Å². The summed E-state index contributed by atoms with van der Waals surface area (Å²) in [6.45, 7) is 4.16. The van der Waals surface area contributed by atoms with Gasteiger partial charge in [-0.15, -0.1) is 0 Å². The van der Waals surface area contributed by atoms with E-state index in [1.54, 1.807) is 0 Å². The molecule has 2 N–H and O–H groups in total. The van der Waals surface area contributed by atoms with Crippen LogP contribution in [0.3, 0.4) is 0 Å². The van der Waals surface area contributed by atoms with E-state index in [2.05, 4.69) is 11.8 Å². The SMILES string of the molecule is C[C@@H]1C[C@@H](C(N)=O)c2ccccc2N1CC(=O)N1CCC1. The molecule has 1 saturated heterocycles. The second-order valence-electron chi connectivity index (χ2n) is 5.96. The van der Waals surface area contributed by atoms with Crippen LogP contribution in [0, 0.1) is 0 Å². The molecule has 2 aliphatic heterocycles. The highest BCUT2D eigenvalue weighted by molar-refractivity contribution is 5.87. The monoisotopic (exact) mass is 287 g/mol. The van der Waals surface area contributed by atoms with Gasteiger partial charge < -0.3 is 15.5 Å². The van der Waals surface area contributed by atoms with Crippen molar-refractivity contribution in [2.24, 2.45) is 5.73 Å². The van der Waals surface area contributed by atoms with Crippen LogP contribution in [0.15, 0.2) is 24.3 Å². The Labute approximate surface area is 124 Å². The Hall–Kier alpha value is -2.04. The smallest absolute Gasteiger partial charge is 0.242 e. The number of para-hydroxylation sites is 1. The van der Waals surface area contributed by atoms with Gasteiger partial charge in [0, 0.05) is 24.8 Å². The third-order valence-electron chi connectivity index (χ3n) is 4.59. The van der Waals surface area contributed by atoms with Crippen LogP contribution in [0.1, 0.15) is 31.2 Å². The number of amides is 2. The summed E-state index contributed by atoms with van der Waals surface area (Å²) in [4.78, 5) is 27.9. The fraction of sp³-hybridized carbons (Fsp3) is 0.500. The summed E-state index contributed by atoms with van der Waals surface area (Å²) in [5.74, 6) is -0.380. The molecule has 21 heavy (non-hydrogen) atoms. The van der Waals surface area contributed by atoms with Crippen molar-refractivity contribution in [1.82, 2.24) is 4.90 Å². The Balaban J connectivity index is 1.87. The minimum absolute atomic E-state index is 0.127. The van der Waals surface area contributed by atoms with Crippen molar-refractivity contribution < 1.29 is 9.59 Å². The van der Waals surface area contributed by atoms with Gasteiger partial charge >= 0.3 is 0 Å². The van der Waals surface area contributed by atoms with E-state index in [0.29, 0.717) is 13.0 Å². The average molecular weight is 287 g/mol. The molecule has 2 amide bonds. The molecular formula is C16H21N3O2. The van der Waals surface area contributed by atoms with Crippen LogP contribution < -0.4 is 10.6 Å². The first-order valence-corrected chi connectivity index (χ1v) is 7.50. The fourth-order valence-electron chi connectivity index (χ4n) is 3.20. The summed E-state index contributed by atoms with van der Waals surface area (Å²) in [7, 11) is 0. The van der Waals surface area contributed by atoms with E-state index in [9.17, 15) is 9.59 Å². The number of likely N-dealkylation sites (tertiary alicyclic amines) is 1. The van der Waals surface area contributed by atoms with Crippen LogP contribution in [0.5, 0.6) is 0 Å². The van der Waals surface area contributed by atoms with E-state index in [-0.39, 0.29) is 23.8 Å². The van der Waals surface area contributed by atoms with Crippen LogP contribution in [-0.4, -0.2) is 42.4 Å². The predicted molar refractivity (Wildman–Crippen MR) is 81.0 cm³/mol. The molecule has 2 atom stereocenters. The van der Waals surface area contributed by atoms with E-state index in [0.717, 1.165) is 30.8 Å². The van der Waals surface area contributed by atoms with Crippen LogP contribution in [0.2, 0.25) is 0 Å². The Kier molecular flexibility index (Phi) is 3.57. The summed E-state index contributed by atoms with van der Waals surface area (Å²) in [5, 5.41) is 0. The molecule has 1 aromatic carbocycles. The van der Waals surface area contributed by atoms with Gasteiger partial charge in [-0.1, -0.05) is 18.2 Å². The quantitative estimate of drug-likeness (QED) is 0.905. The highest BCUT2D eigenvalue weighted by Gasteiger charge is 2.34. The molecule has 1 fully saturated rings. The molecule has 0 bridgehead atoms. The number of benzene rings is 1. The topological polar surface area (TPSA) is 66.6 Å². The molecule has 0 spiro atoms. The maximum absolute atomic E-state index is 12.3. The lowest BCUT2D eigenvalue weighted by Gasteiger charge is -2.41. The van der Waals surface area contributed by atoms with Gasteiger partial charge in [0.1, 0.15) is 0 Å². The number of carbonyl (C=O) groups excluding carboxylic acids is 2. The molecular weight excluding hydrogens is 266 g/mol. The van der Waals surface area contributed by atoms with Gasteiger partial charge in [0.15, 0.2) is 0 Å². The van der Waals surface area contributed by atoms with Crippen LogP contribution in [0.25, 0.3) is 0 Å². The standard InChI is InChI=1S/C16H21N3O2/c1-11-9-13(16(17)21)12-5-2-3-6-14(12)19(11)10-15(20)18-7-4-8-18/h2-3,5-6,11,13H,4,7-10H2,1H3,(H2,17,21)/t11-,13-/m1/s1. The largest absolute Gasteiger partial charge is 0.369 e. The molecule has 3 rings (SSSR count). The molecule has 0 saturated carbocycles. The van der Waals surface area contributed by atoms with E-state index >= 15 is 0 Å². The van der Waals surface area contributed by atoms with Crippen LogP contribution >= 0.6 is 0 Å². The van der Waals surface area contributed by atoms with E-state index in [1.165, 1.54) is 0 Å². The number of nitrogens with zero attached hydrogens (tertiary/aromatic N) is 2. The molecule has 112 valence electrons. The Morgan fingerprint density at radius 1 is 1.29 bits per heavy atom. The van der Waals surface area contributed by atoms with Crippen molar-refractivity contribution in [3.05, 3.63) is 29.8 Å². The van der Waals surface area contributed by atoms with Crippen molar-refractivity contribution in [2.45, 2.75) is 31.7 Å². The number of nitrogens with two attached hydrogens (primary N) is 1. The molecule has 0 aromatic heterocycles. The van der Waals surface area contributed by atoms with Crippen molar-refractivity contribution in [2.75, 3.05) is 24.5 Å². The second kappa shape index (κ2) is 5.39. The fourth-order valence-corrected chi connectivity index (χ4v) is 3.20. The molecule has 0 unspecified atom stereocenters. The predicted octanol–water partition coefficient (Wildman–Crippen LogP) is 1.09. The number of anilines is 1. The molecule has 0 radical (unpaired) electrons. The molecule has 2 aliphatic rings. The Bertz CT molecular complexity index is 568. The summed E-state index contributed by atoms with van der Waals surface area (Å²) in [6.07, 6.45) is 1.77. The average Bonchev–Trinajstić information content (AvgIpc) is 2.39. The van der Waals surface area contributed by atoms with Crippen LogP contribution in [-0.2, 0) is 9.59 Å². The first-order valence-electron chi connectivity index (χ1n) is 7.50. The van der Waals surface area contributed by atoms with Gasteiger partial charge in [-0.25, -0.2) is 0 Å². The normalized spacial score (nSPS) is 24.2. The Morgan fingerprint density at radius 3 is 2.62 bits per heavy atom. The third kappa shape index (κ3) is 2.48. The highest BCUT2D eigenvalue weighted by Crippen LogP contribution is 2.38. The molecule has 5 nitrogen and oxygen atoms in total. The maximum Gasteiger partial charge on any atom is 0.242 e. The summed E-state index contributed by atoms with van der Waals surface area (Å²) >= 11 is 0. The number of primary amides is 1. The van der Waals surface area contributed by atoms with Crippen molar-refractivity contribution in [1.29, 1.82) is 0 Å². The zero-order valence-corrected chi connectivity index (χ0v) is 12.3. The van der Waals surface area contributed by atoms with E-state index in [1.807, 2.05) is 29.2 Å². The van der Waals surface area contributed by atoms with Gasteiger partial charge in [0.25, 0.3) is 0 Å². The van der Waals surface area contributed by atoms with Crippen LogP contribution in [0.4, 0.5) is 5.69 Å². The summed E-state index contributed by atoms with van der Waals surface area (Å²) in [6, 6.07) is 7.90. The lowest BCUT2D eigenvalue weighted by Crippen LogP contribution is -2.51. The van der Waals surface area contributed by atoms with Gasteiger partial charge in [0.05, 0.1) is 12.5 Å². The zero-order valence-electron chi connectivity index (χ0n) is 12.3. The third-order valence-corrected chi connectivity index (χ3v) is 4.59. The molecule has 0 aliphatic carbocycles. The molecule has 5 heteroatoms. The number of rotatable bonds is 3. The number of hydrogen-bond donors (Lipinski definition) is 1. The minimum Gasteiger partial charge on any atom is -0.369 e. The minimum atomic E-state index is -0.289. The maximum atomic E-state index is 12.3. The lowest BCUT2D eigenvalue weighted by atomic mass is 9.85. The molecule has 2 heterocycles. The number of hydrogen-bond acceptors (Lipinski definition) is 3. The second-order valence-corrected chi connectivity index (χ2v) is 5.96. The summed E-state index contributed by atoms with van der Waals surface area (Å²) in [5.41, 5.74) is 7.45. The zero-order chi connectivity index (χ0) is 15.0. The highest BCUT2D eigenvalue weighted by atomic mass is 16.2. The number of carbonyl (C=O) groups is 2. The van der Waals surface area contributed by atoms with Gasteiger partial charge in [-0.2, -0.15) is 0 Å². The van der Waals surface area contributed by atoms with Crippen molar-refractivity contribution in [3.8, 4) is 0 Å². The molecule has 1 aromatic rings. The Morgan fingerprint density at radius 2 is 2.00 bits per heavy atom. The first kappa shape index (κ1) is 13.9. The van der Waals surface area contributed by atoms with Gasteiger partial charge in [-0.3, -0.25) is 9.59 Å². The first-order chi connectivity index (χ1) is 10.1. The lowest BCUT2D eigenvalue weighted by molar-refractivity contribution is -0.133. The van der Waals surface area contributed by atoms with Gasteiger partial charge in [0.2, 0.25) is 11.8 Å². The summed E-state index contributed by atoms with van der Waals surface area (Å²) < 4.78 is 0. The van der Waals surface area contributed by atoms with E-state index in [4.69, 9.17) is 5.73 Å².